The molecule has 2 aromatic carbocycles. The van der Waals surface area contributed by atoms with Gasteiger partial charge in [-0.25, -0.2) is 5.43 Å². The topological polar surface area (TPSA) is 75.5 Å². The lowest BCUT2D eigenvalue weighted by Crippen LogP contribution is -2.18. The smallest absolute Gasteiger partial charge is 0.271 e. The van der Waals surface area contributed by atoms with Crippen LogP contribution < -0.4 is 10.7 Å². The minimum Gasteiger partial charge on any atom is -0.326 e. The van der Waals surface area contributed by atoms with Gasteiger partial charge in [0.1, 0.15) is 0 Å². The van der Waals surface area contributed by atoms with E-state index in [1.165, 1.54) is 6.92 Å². The zero-order valence-electron chi connectivity index (χ0n) is 14.5. The fraction of sp³-hybridized carbons (Fsp3) is 0.0500. The number of rotatable bonds is 5. The number of amides is 2. The average molecular weight is 381 g/mol. The number of aromatic nitrogens is 1. The molecular weight excluding hydrogens is 364 g/mol. The third kappa shape index (κ3) is 4.83. The molecule has 0 aliphatic rings. The Bertz CT molecular complexity index is 976. The summed E-state index contributed by atoms with van der Waals surface area (Å²) in [6.07, 6.45) is 3.46. The SMILES string of the molecule is CC(=O)Nc1ccc(C(=O)N/N=C\c2cccn2-c2ccc(Cl)cc2)cc1. The predicted molar refractivity (Wildman–Crippen MR) is 107 cm³/mol. The van der Waals surface area contributed by atoms with Crippen LogP contribution in [0, 0.1) is 0 Å². The van der Waals surface area contributed by atoms with Crippen LogP contribution in [0.2, 0.25) is 5.02 Å². The number of hydrogen-bond donors (Lipinski definition) is 2. The van der Waals surface area contributed by atoms with Crippen molar-refractivity contribution in [2.75, 3.05) is 5.32 Å². The highest BCUT2D eigenvalue weighted by atomic mass is 35.5. The predicted octanol–water partition coefficient (Wildman–Crippen LogP) is 3.85. The third-order valence-electron chi connectivity index (χ3n) is 3.72. The molecule has 0 bridgehead atoms. The summed E-state index contributed by atoms with van der Waals surface area (Å²) in [5.74, 6) is -0.509. The van der Waals surface area contributed by atoms with E-state index in [0.717, 1.165) is 11.4 Å². The molecule has 0 atom stereocenters. The van der Waals surface area contributed by atoms with Crippen molar-refractivity contribution < 1.29 is 9.59 Å². The van der Waals surface area contributed by atoms with E-state index in [-0.39, 0.29) is 11.8 Å². The Balaban J connectivity index is 1.66. The van der Waals surface area contributed by atoms with E-state index in [2.05, 4.69) is 15.8 Å². The molecule has 1 heterocycles. The van der Waals surface area contributed by atoms with Gasteiger partial charge in [0.2, 0.25) is 5.91 Å². The zero-order valence-corrected chi connectivity index (χ0v) is 15.3. The molecule has 0 aliphatic carbocycles. The number of benzene rings is 2. The van der Waals surface area contributed by atoms with Crippen molar-refractivity contribution in [1.29, 1.82) is 0 Å². The van der Waals surface area contributed by atoms with Gasteiger partial charge < -0.3 is 9.88 Å². The van der Waals surface area contributed by atoms with Gasteiger partial charge in [0, 0.05) is 35.1 Å². The number of hydrogen-bond acceptors (Lipinski definition) is 3. The summed E-state index contributed by atoms with van der Waals surface area (Å²) in [7, 11) is 0. The number of nitrogens with zero attached hydrogens (tertiary/aromatic N) is 2. The maximum atomic E-state index is 12.2. The van der Waals surface area contributed by atoms with Crippen molar-refractivity contribution in [3.05, 3.63) is 83.1 Å². The molecule has 0 unspecified atom stereocenters. The van der Waals surface area contributed by atoms with Crippen molar-refractivity contribution in [2.24, 2.45) is 5.10 Å². The van der Waals surface area contributed by atoms with Crippen LogP contribution in [0.4, 0.5) is 5.69 Å². The lowest BCUT2D eigenvalue weighted by molar-refractivity contribution is -0.114. The summed E-state index contributed by atoms with van der Waals surface area (Å²) in [5, 5.41) is 7.33. The van der Waals surface area contributed by atoms with E-state index in [9.17, 15) is 9.59 Å². The summed E-state index contributed by atoms with van der Waals surface area (Å²) < 4.78 is 1.92. The normalized spacial score (nSPS) is 10.7. The van der Waals surface area contributed by atoms with E-state index < -0.39 is 0 Å². The Labute approximate surface area is 161 Å². The van der Waals surface area contributed by atoms with Crippen LogP contribution in [-0.4, -0.2) is 22.6 Å². The van der Waals surface area contributed by atoms with Crippen molar-refractivity contribution in [3.63, 3.8) is 0 Å². The van der Waals surface area contributed by atoms with Gasteiger partial charge in [0.05, 0.1) is 11.9 Å². The second-order valence-electron chi connectivity index (χ2n) is 5.74. The highest BCUT2D eigenvalue weighted by Gasteiger charge is 2.05. The second kappa shape index (κ2) is 8.33. The Hall–Kier alpha value is -3.38. The Morgan fingerprint density at radius 3 is 2.41 bits per heavy atom. The minimum absolute atomic E-state index is 0.166. The molecule has 0 saturated heterocycles. The van der Waals surface area contributed by atoms with Crippen molar-refractivity contribution in [3.8, 4) is 5.69 Å². The average Bonchev–Trinajstić information content (AvgIpc) is 3.11. The van der Waals surface area contributed by atoms with Gasteiger partial charge in [-0.3, -0.25) is 9.59 Å². The molecule has 2 amide bonds. The van der Waals surface area contributed by atoms with Gasteiger partial charge in [0.25, 0.3) is 5.91 Å². The summed E-state index contributed by atoms with van der Waals surface area (Å²) in [6.45, 7) is 1.43. The molecular formula is C20H17ClN4O2. The van der Waals surface area contributed by atoms with Crippen LogP contribution in [0.15, 0.2) is 72.0 Å². The molecule has 0 spiro atoms. The number of hydrazone groups is 1. The Kier molecular flexibility index (Phi) is 5.68. The number of nitrogens with one attached hydrogen (secondary N) is 2. The minimum atomic E-state index is -0.342. The standard InChI is InChI=1S/C20H17ClN4O2/c1-14(26)23-17-8-4-15(5-9-17)20(27)24-22-13-19-3-2-12-25(19)18-10-6-16(21)7-11-18/h2-13H,1H3,(H,23,26)(H,24,27)/b22-13-. The van der Waals surface area contributed by atoms with Crippen molar-refractivity contribution in [2.45, 2.75) is 6.92 Å². The van der Waals surface area contributed by atoms with Crippen LogP contribution in [0.5, 0.6) is 0 Å². The fourth-order valence-corrected chi connectivity index (χ4v) is 2.59. The summed E-state index contributed by atoms with van der Waals surface area (Å²) in [4.78, 5) is 23.2. The van der Waals surface area contributed by atoms with Crippen molar-refractivity contribution >= 4 is 35.3 Å². The molecule has 0 saturated carbocycles. The number of carbonyl (C=O) groups excluding carboxylic acids is 2. The van der Waals surface area contributed by atoms with Gasteiger partial charge in [-0.15, -0.1) is 0 Å². The molecule has 27 heavy (non-hydrogen) atoms. The summed E-state index contributed by atoms with van der Waals surface area (Å²) in [6, 6.07) is 17.7. The first-order valence-corrected chi connectivity index (χ1v) is 8.55. The largest absolute Gasteiger partial charge is 0.326 e. The van der Waals surface area contributed by atoms with E-state index in [1.54, 1.807) is 30.5 Å². The molecule has 0 fully saturated rings. The van der Waals surface area contributed by atoms with Crippen LogP contribution in [0.1, 0.15) is 23.0 Å². The van der Waals surface area contributed by atoms with Crippen LogP contribution in [0.3, 0.4) is 0 Å². The number of halogens is 1. The maximum Gasteiger partial charge on any atom is 0.271 e. The van der Waals surface area contributed by atoms with Crippen molar-refractivity contribution in [1.82, 2.24) is 9.99 Å². The molecule has 0 radical (unpaired) electrons. The fourth-order valence-electron chi connectivity index (χ4n) is 2.47. The Morgan fingerprint density at radius 2 is 1.74 bits per heavy atom. The molecule has 6 nitrogen and oxygen atoms in total. The van der Waals surface area contributed by atoms with E-state index in [1.807, 2.05) is 47.2 Å². The highest BCUT2D eigenvalue weighted by Crippen LogP contribution is 2.15. The Morgan fingerprint density at radius 1 is 1.04 bits per heavy atom. The first kappa shape index (κ1) is 18.4. The first-order valence-electron chi connectivity index (χ1n) is 8.17. The van der Waals surface area contributed by atoms with Gasteiger partial charge in [-0.1, -0.05) is 11.6 Å². The van der Waals surface area contributed by atoms with E-state index >= 15 is 0 Å². The monoisotopic (exact) mass is 380 g/mol. The molecule has 1 aromatic heterocycles. The lowest BCUT2D eigenvalue weighted by atomic mass is 10.2. The first-order chi connectivity index (χ1) is 13.0. The number of anilines is 1. The second-order valence-corrected chi connectivity index (χ2v) is 6.17. The highest BCUT2D eigenvalue weighted by molar-refractivity contribution is 6.30. The quantitative estimate of drug-likeness (QED) is 0.521. The lowest BCUT2D eigenvalue weighted by Gasteiger charge is -2.06. The summed E-state index contributed by atoms with van der Waals surface area (Å²) in [5.41, 5.74) is 5.30. The van der Waals surface area contributed by atoms with Gasteiger partial charge in [-0.05, 0) is 60.7 Å². The number of carbonyl (C=O) groups is 2. The molecule has 136 valence electrons. The van der Waals surface area contributed by atoms with Gasteiger partial charge in [-0.2, -0.15) is 5.10 Å². The van der Waals surface area contributed by atoms with Crippen LogP contribution >= 0.6 is 11.6 Å². The summed E-state index contributed by atoms with van der Waals surface area (Å²) >= 11 is 5.92. The van der Waals surface area contributed by atoms with E-state index in [0.29, 0.717) is 16.3 Å². The molecule has 3 aromatic rings. The van der Waals surface area contributed by atoms with Gasteiger partial charge in [0.15, 0.2) is 0 Å². The molecule has 3 rings (SSSR count). The molecule has 2 N–H and O–H groups in total. The molecule has 0 aliphatic heterocycles. The van der Waals surface area contributed by atoms with Crippen LogP contribution in [-0.2, 0) is 4.79 Å². The molecule has 7 heteroatoms. The maximum absolute atomic E-state index is 12.2. The third-order valence-corrected chi connectivity index (χ3v) is 3.97. The zero-order chi connectivity index (χ0) is 19.2. The van der Waals surface area contributed by atoms with Gasteiger partial charge >= 0.3 is 0 Å². The van der Waals surface area contributed by atoms with Crippen LogP contribution in [0.25, 0.3) is 5.69 Å². The van der Waals surface area contributed by atoms with E-state index in [4.69, 9.17) is 11.6 Å².